The Morgan fingerprint density at radius 3 is 2.73 bits per heavy atom. The number of fused-ring (bicyclic) bond motifs is 1. The lowest BCUT2D eigenvalue weighted by atomic mass is 10.0. The molecule has 1 atom stereocenters. The third-order valence-corrected chi connectivity index (χ3v) is 6.73. The molecular weight excluding hydrogens is 392 g/mol. The molecule has 1 saturated heterocycles. The molecule has 1 aliphatic carbocycles. The van der Waals surface area contributed by atoms with Crippen LogP contribution in [0.2, 0.25) is 0 Å². The number of amides is 1. The van der Waals surface area contributed by atoms with Crippen molar-refractivity contribution in [2.45, 2.75) is 32.4 Å². The van der Waals surface area contributed by atoms with Crippen molar-refractivity contribution < 1.29 is 4.79 Å². The Morgan fingerprint density at radius 1 is 1.17 bits per heavy atom. The summed E-state index contributed by atoms with van der Waals surface area (Å²) in [5, 5.41) is 3.29. The quantitative estimate of drug-likeness (QED) is 0.748. The van der Waals surface area contributed by atoms with Gasteiger partial charge in [-0.1, -0.05) is 36.4 Å². The number of allylic oxidation sites excluding steroid dienone is 2. The molecule has 0 radical (unpaired) electrons. The van der Waals surface area contributed by atoms with E-state index >= 15 is 0 Å². The molecule has 3 aliphatic rings. The van der Waals surface area contributed by atoms with Crippen LogP contribution < -0.4 is 5.32 Å². The summed E-state index contributed by atoms with van der Waals surface area (Å²) < 4.78 is 4.81. The summed E-state index contributed by atoms with van der Waals surface area (Å²) >= 11 is 1.65. The monoisotopic (exact) mass is 422 g/mol. The first-order valence-electron chi connectivity index (χ1n) is 10.7. The average molecular weight is 423 g/mol. The van der Waals surface area contributed by atoms with Crippen LogP contribution >= 0.6 is 11.9 Å². The number of amidine groups is 1. The van der Waals surface area contributed by atoms with E-state index in [9.17, 15) is 4.79 Å². The van der Waals surface area contributed by atoms with Gasteiger partial charge in [-0.15, -0.1) is 0 Å². The summed E-state index contributed by atoms with van der Waals surface area (Å²) in [6.07, 6.45) is 11.9. The van der Waals surface area contributed by atoms with Crippen LogP contribution in [-0.4, -0.2) is 59.5 Å². The van der Waals surface area contributed by atoms with Crippen molar-refractivity contribution in [3.8, 4) is 0 Å². The van der Waals surface area contributed by atoms with E-state index in [1.165, 1.54) is 16.7 Å². The van der Waals surface area contributed by atoms with Crippen molar-refractivity contribution in [3.63, 3.8) is 0 Å². The predicted molar refractivity (Wildman–Crippen MR) is 127 cm³/mol. The Kier molecular flexibility index (Phi) is 6.44. The first-order chi connectivity index (χ1) is 14.5. The number of hydrogen-bond donors (Lipinski definition) is 1. The molecule has 2 heterocycles. The van der Waals surface area contributed by atoms with Gasteiger partial charge in [0.15, 0.2) is 0 Å². The lowest BCUT2D eigenvalue weighted by Crippen LogP contribution is -2.49. The third kappa shape index (κ3) is 4.87. The highest BCUT2D eigenvalue weighted by molar-refractivity contribution is 7.99. The lowest BCUT2D eigenvalue weighted by molar-refractivity contribution is -0.114. The second kappa shape index (κ2) is 9.23. The van der Waals surface area contributed by atoms with Crippen LogP contribution in [0.3, 0.4) is 0 Å². The molecule has 2 bridgehead atoms. The molecule has 0 aromatic heterocycles. The highest BCUT2D eigenvalue weighted by Gasteiger charge is 2.25. The summed E-state index contributed by atoms with van der Waals surface area (Å²) in [6.45, 7) is 11.0. The van der Waals surface area contributed by atoms with Crippen LogP contribution in [0, 0.1) is 13.8 Å². The molecule has 1 aromatic rings. The molecule has 158 valence electrons. The molecule has 6 heteroatoms. The van der Waals surface area contributed by atoms with Gasteiger partial charge in [0.2, 0.25) is 5.91 Å². The molecular formula is C24H30N4OS. The Hall–Kier alpha value is -2.31. The summed E-state index contributed by atoms with van der Waals surface area (Å²) in [4.78, 5) is 16.3. The highest BCUT2D eigenvalue weighted by atomic mass is 32.2. The van der Waals surface area contributed by atoms with Gasteiger partial charge in [-0.05, 0) is 55.0 Å². The van der Waals surface area contributed by atoms with Gasteiger partial charge in [-0.2, -0.15) is 4.40 Å². The van der Waals surface area contributed by atoms with Gasteiger partial charge in [-0.25, -0.2) is 0 Å². The maximum absolute atomic E-state index is 11.4. The minimum atomic E-state index is -0.0222. The van der Waals surface area contributed by atoms with E-state index in [1.807, 2.05) is 0 Å². The van der Waals surface area contributed by atoms with E-state index in [0.717, 1.165) is 56.2 Å². The molecule has 4 rings (SSSR count). The molecule has 0 saturated carbocycles. The summed E-state index contributed by atoms with van der Waals surface area (Å²) in [5.41, 5.74) is 5.91. The molecule has 0 spiro atoms. The summed E-state index contributed by atoms with van der Waals surface area (Å²) in [5.74, 6) is 1.11. The smallest absolute Gasteiger partial charge is 0.221 e. The van der Waals surface area contributed by atoms with Crippen LogP contribution in [0.25, 0.3) is 0 Å². The maximum atomic E-state index is 11.4. The maximum Gasteiger partial charge on any atom is 0.221 e. The number of carbonyl (C=O) groups is 1. The second-order valence-corrected chi connectivity index (χ2v) is 9.14. The minimum Gasteiger partial charge on any atom is -0.353 e. The number of piperazine rings is 1. The van der Waals surface area contributed by atoms with Crippen molar-refractivity contribution in [1.82, 2.24) is 9.80 Å². The fourth-order valence-corrected chi connectivity index (χ4v) is 4.98. The van der Waals surface area contributed by atoms with Gasteiger partial charge in [0.25, 0.3) is 0 Å². The lowest BCUT2D eigenvalue weighted by Gasteiger charge is -2.37. The van der Waals surface area contributed by atoms with Crippen LogP contribution in [0.15, 0.2) is 52.5 Å². The second-order valence-electron chi connectivity index (χ2n) is 8.20. The summed E-state index contributed by atoms with van der Waals surface area (Å²) in [7, 11) is 0. The van der Waals surface area contributed by atoms with Crippen molar-refractivity contribution in [3.05, 3.63) is 64.8 Å². The van der Waals surface area contributed by atoms with Crippen molar-refractivity contribution in [1.29, 1.82) is 0 Å². The molecule has 5 nitrogen and oxygen atoms in total. The molecule has 2 aliphatic heterocycles. The normalized spacial score (nSPS) is 21.2. The zero-order valence-corrected chi connectivity index (χ0v) is 18.8. The van der Waals surface area contributed by atoms with Gasteiger partial charge in [-0.3, -0.25) is 9.69 Å². The fraction of sp³-hybridized carbons (Fsp3) is 0.417. The summed E-state index contributed by atoms with van der Waals surface area (Å²) in [6, 6.07) is 4.32. The third-order valence-electron chi connectivity index (χ3n) is 5.91. The zero-order valence-electron chi connectivity index (χ0n) is 18.0. The number of hydrogen-bond acceptors (Lipinski definition) is 5. The molecule has 1 fully saturated rings. The van der Waals surface area contributed by atoms with Crippen LogP contribution in [0.4, 0.5) is 5.69 Å². The Balaban J connectivity index is 1.31. The number of nitrogens with zero attached hydrogens (tertiary/aromatic N) is 3. The van der Waals surface area contributed by atoms with Gasteiger partial charge >= 0.3 is 0 Å². The van der Waals surface area contributed by atoms with Gasteiger partial charge in [0.05, 0.1) is 5.25 Å². The van der Waals surface area contributed by atoms with E-state index in [1.54, 1.807) is 18.9 Å². The Labute approximate surface area is 183 Å². The molecule has 30 heavy (non-hydrogen) atoms. The SMILES string of the molecule is CC(=O)Nc1cc(C)c(CCN2CCN(C3=NSC4C=CC=CC3=C4)CC2)cc1C. The van der Waals surface area contributed by atoms with Crippen LogP contribution in [0.1, 0.15) is 23.6 Å². The number of rotatable bonds is 4. The molecule has 1 aromatic carbocycles. The van der Waals surface area contributed by atoms with Gasteiger partial charge in [0.1, 0.15) is 5.84 Å². The first kappa shape index (κ1) is 20.9. The highest BCUT2D eigenvalue weighted by Crippen LogP contribution is 2.28. The first-order valence-corrected chi connectivity index (χ1v) is 11.5. The average Bonchev–Trinajstić information content (AvgIpc) is 2.91. The fourth-order valence-electron chi connectivity index (χ4n) is 4.17. The minimum absolute atomic E-state index is 0.0222. The molecule has 1 amide bonds. The van der Waals surface area contributed by atoms with E-state index in [2.05, 4.69) is 71.5 Å². The Morgan fingerprint density at radius 2 is 1.97 bits per heavy atom. The van der Waals surface area contributed by atoms with E-state index in [0.29, 0.717) is 5.25 Å². The van der Waals surface area contributed by atoms with E-state index in [-0.39, 0.29) is 5.91 Å². The number of aryl methyl sites for hydroxylation is 2. The van der Waals surface area contributed by atoms with E-state index < -0.39 is 0 Å². The standard InChI is InChI=1S/C24H30N4OS/c1-17-15-23(25-19(3)29)18(2)14-20(17)8-9-27-10-12-28(13-11-27)24-21-6-4-5-7-22(16-21)30-26-24/h4-7,14-16,22H,8-13H2,1-3H3,(H,25,29). The van der Waals surface area contributed by atoms with Gasteiger partial charge in [0, 0.05) is 50.9 Å². The van der Waals surface area contributed by atoms with Crippen molar-refractivity contribution >= 4 is 29.4 Å². The number of carbonyl (C=O) groups excluding carboxylic acids is 1. The van der Waals surface area contributed by atoms with Crippen molar-refractivity contribution in [2.24, 2.45) is 4.40 Å². The van der Waals surface area contributed by atoms with Gasteiger partial charge < -0.3 is 10.2 Å². The van der Waals surface area contributed by atoms with Crippen LogP contribution in [0.5, 0.6) is 0 Å². The zero-order chi connectivity index (χ0) is 21.1. The molecule has 1 N–H and O–H groups in total. The largest absolute Gasteiger partial charge is 0.353 e. The van der Waals surface area contributed by atoms with Crippen molar-refractivity contribution in [2.75, 3.05) is 38.0 Å². The van der Waals surface area contributed by atoms with Crippen LogP contribution in [-0.2, 0) is 11.2 Å². The predicted octanol–water partition coefficient (Wildman–Crippen LogP) is 3.90. The van der Waals surface area contributed by atoms with E-state index in [4.69, 9.17) is 4.40 Å². The Bertz CT molecular complexity index is 939. The number of nitrogens with one attached hydrogen (secondary N) is 1. The number of anilines is 1. The topological polar surface area (TPSA) is 47.9 Å². The number of benzene rings is 1. The molecule has 1 unspecified atom stereocenters.